The summed E-state index contributed by atoms with van der Waals surface area (Å²) in [5.41, 5.74) is 0.221. The summed E-state index contributed by atoms with van der Waals surface area (Å²) < 4.78 is 31.1. The average Bonchev–Trinajstić information content (AvgIpc) is 3.00. The Morgan fingerprint density at radius 1 is 1.23 bits per heavy atom. The number of hydrogen-bond acceptors (Lipinski definition) is 3. The molecule has 0 saturated carbocycles. The van der Waals surface area contributed by atoms with Crippen LogP contribution >= 0.6 is 0 Å². The molecule has 1 aromatic carbocycles. The highest BCUT2D eigenvalue weighted by atomic mass is 19.2. The molecule has 0 atom stereocenters. The fourth-order valence-corrected chi connectivity index (χ4v) is 1.90. The van der Waals surface area contributed by atoms with Crippen LogP contribution in [0.2, 0.25) is 0 Å². The van der Waals surface area contributed by atoms with Crippen LogP contribution < -0.4 is 10.2 Å². The van der Waals surface area contributed by atoms with Crippen molar-refractivity contribution in [1.29, 1.82) is 0 Å². The third-order valence-electron chi connectivity index (χ3n) is 2.96. The van der Waals surface area contributed by atoms with Gasteiger partial charge in [-0.25, -0.2) is 8.78 Å². The molecule has 0 aliphatic heterocycles. The second-order valence-electron chi connectivity index (χ2n) is 4.50. The van der Waals surface area contributed by atoms with Crippen molar-refractivity contribution in [2.45, 2.75) is 6.92 Å². The third-order valence-corrected chi connectivity index (χ3v) is 2.96. The largest absolute Gasteiger partial charge is 0.459 e. The zero-order valence-corrected chi connectivity index (χ0v) is 11.8. The van der Waals surface area contributed by atoms with Crippen molar-refractivity contribution >= 4 is 17.5 Å². The maximum Gasteiger partial charge on any atom is 0.287 e. The van der Waals surface area contributed by atoms with Crippen molar-refractivity contribution in [1.82, 2.24) is 5.32 Å². The topological polar surface area (TPSA) is 62.6 Å². The number of nitrogens with one attached hydrogen (secondary N) is 1. The summed E-state index contributed by atoms with van der Waals surface area (Å²) in [5, 5.41) is 2.57. The van der Waals surface area contributed by atoms with Crippen molar-refractivity contribution in [2.24, 2.45) is 0 Å². The predicted molar refractivity (Wildman–Crippen MR) is 75.4 cm³/mol. The minimum Gasteiger partial charge on any atom is -0.459 e. The number of halogens is 2. The molecular weight excluding hydrogens is 294 g/mol. The molecule has 1 aromatic heterocycles. The Morgan fingerprint density at radius 3 is 2.59 bits per heavy atom. The molecule has 0 bridgehead atoms. The Balaban J connectivity index is 1.99. The van der Waals surface area contributed by atoms with E-state index in [0.29, 0.717) is 0 Å². The maximum absolute atomic E-state index is 13.2. The molecule has 2 rings (SSSR count). The zero-order chi connectivity index (χ0) is 16.1. The fraction of sp³-hybridized carbons (Fsp3) is 0.200. The van der Waals surface area contributed by atoms with E-state index in [-0.39, 0.29) is 30.4 Å². The average molecular weight is 308 g/mol. The van der Waals surface area contributed by atoms with Gasteiger partial charge in [0, 0.05) is 31.8 Å². The highest BCUT2D eigenvalue weighted by Gasteiger charge is 2.15. The van der Waals surface area contributed by atoms with Gasteiger partial charge >= 0.3 is 0 Å². The Morgan fingerprint density at radius 2 is 2.00 bits per heavy atom. The SMILES string of the molecule is CC(=O)N(CCNC(=O)c1ccco1)c1ccc(F)c(F)c1. The molecule has 0 unspecified atom stereocenters. The summed E-state index contributed by atoms with van der Waals surface area (Å²) in [6.07, 6.45) is 1.37. The number of carbonyl (C=O) groups is 2. The molecule has 1 N–H and O–H groups in total. The van der Waals surface area contributed by atoms with E-state index in [1.165, 1.54) is 30.2 Å². The molecule has 0 spiro atoms. The molecule has 0 radical (unpaired) electrons. The molecule has 2 aromatic rings. The number of carbonyl (C=O) groups excluding carboxylic acids is 2. The van der Waals surface area contributed by atoms with Gasteiger partial charge in [0.25, 0.3) is 5.91 Å². The van der Waals surface area contributed by atoms with Crippen molar-refractivity contribution in [3.63, 3.8) is 0 Å². The smallest absolute Gasteiger partial charge is 0.287 e. The maximum atomic E-state index is 13.2. The first-order chi connectivity index (χ1) is 10.5. The van der Waals surface area contributed by atoms with Crippen LogP contribution in [0.3, 0.4) is 0 Å². The van der Waals surface area contributed by atoms with E-state index in [9.17, 15) is 18.4 Å². The quantitative estimate of drug-likeness (QED) is 0.922. The van der Waals surface area contributed by atoms with E-state index in [4.69, 9.17) is 4.42 Å². The minimum absolute atomic E-state index is 0.118. The van der Waals surface area contributed by atoms with Gasteiger partial charge in [0.2, 0.25) is 5.91 Å². The van der Waals surface area contributed by atoms with E-state index >= 15 is 0 Å². The highest BCUT2D eigenvalue weighted by molar-refractivity contribution is 5.92. The monoisotopic (exact) mass is 308 g/mol. The van der Waals surface area contributed by atoms with Gasteiger partial charge in [-0.1, -0.05) is 0 Å². The summed E-state index contributed by atoms with van der Waals surface area (Å²) in [6, 6.07) is 6.27. The number of furan rings is 1. The highest BCUT2D eigenvalue weighted by Crippen LogP contribution is 2.17. The van der Waals surface area contributed by atoms with Crippen LogP contribution in [0.25, 0.3) is 0 Å². The van der Waals surface area contributed by atoms with Gasteiger partial charge in [0.15, 0.2) is 17.4 Å². The summed E-state index contributed by atoms with van der Waals surface area (Å²) in [4.78, 5) is 24.5. The van der Waals surface area contributed by atoms with Gasteiger partial charge in [-0.05, 0) is 24.3 Å². The van der Waals surface area contributed by atoms with Gasteiger partial charge in [-0.15, -0.1) is 0 Å². The van der Waals surface area contributed by atoms with Crippen LogP contribution in [0, 0.1) is 11.6 Å². The van der Waals surface area contributed by atoms with Crippen LogP contribution in [0.15, 0.2) is 41.0 Å². The van der Waals surface area contributed by atoms with Crippen LogP contribution in [0.5, 0.6) is 0 Å². The summed E-state index contributed by atoms with van der Waals surface area (Å²) in [5.74, 6) is -2.64. The first-order valence-corrected chi connectivity index (χ1v) is 6.54. The van der Waals surface area contributed by atoms with Gasteiger partial charge in [0.1, 0.15) is 0 Å². The summed E-state index contributed by atoms with van der Waals surface area (Å²) >= 11 is 0. The van der Waals surface area contributed by atoms with E-state index in [0.717, 1.165) is 12.1 Å². The van der Waals surface area contributed by atoms with Gasteiger partial charge in [-0.3, -0.25) is 9.59 Å². The van der Waals surface area contributed by atoms with E-state index in [2.05, 4.69) is 5.32 Å². The molecule has 1 heterocycles. The Bertz CT molecular complexity index is 671. The molecule has 0 fully saturated rings. The molecule has 7 heteroatoms. The lowest BCUT2D eigenvalue weighted by molar-refractivity contribution is -0.116. The van der Waals surface area contributed by atoms with Gasteiger partial charge in [0.05, 0.1) is 6.26 Å². The first kappa shape index (κ1) is 15.7. The normalized spacial score (nSPS) is 10.3. The number of rotatable bonds is 5. The van der Waals surface area contributed by atoms with E-state index in [1.54, 1.807) is 6.07 Å². The van der Waals surface area contributed by atoms with Crippen molar-refractivity contribution in [2.75, 3.05) is 18.0 Å². The lowest BCUT2D eigenvalue weighted by atomic mass is 10.2. The number of nitrogens with zero attached hydrogens (tertiary/aromatic N) is 1. The van der Waals surface area contributed by atoms with Gasteiger partial charge in [-0.2, -0.15) is 0 Å². The second-order valence-corrected chi connectivity index (χ2v) is 4.50. The summed E-state index contributed by atoms with van der Waals surface area (Å²) in [7, 11) is 0. The zero-order valence-electron chi connectivity index (χ0n) is 11.8. The third kappa shape index (κ3) is 3.69. The Labute approximate surface area is 125 Å². The lowest BCUT2D eigenvalue weighted by Crippen LogP contribution is -2.37. The number of hydrogen-bond donors (Lipinski definition) is 1. The van der Waals surface area contributed by atoms with Crippen molar-refractivity contribution < 1.29 is 22.8 Å². The van der Waals surface area contributed by atoms with Crippen molar-refractivity contribution in [3.05, 3.63) is 54.0 Å². The van der Waals surface area contributed by atoms with Crippen molar-refractivity contribution in [3.8, 4) is 0 Å². The second kappa shape index (κ2) is 6.84. The standard InChI is InChI=1S/C15H14F2N2O3/c1-10(20)19(11-4-5-12(16)13(17)9-11)7-6-18-15(21)14-3-2-8-22-14/h2-5,8-9H,6-7H2,1H3,(H,18,21). The molecule has 116 valence electrons. The molecule has 0 aliphatic rings. The molecule has 2 amide bonds. The first-order valence-electron chi connectivity index (χ1n) is 6.54. The fourth-order valence-electron chi connectivity index (χ4n) is 1.90. The number of anilines is 1. The minimum atomic E-state index is -1.04. The lowest BCUT2D eigenvalue weighted by Gasteiger charge is -2.21. The predicted octanol–water partition coefficient (Wildman–Crippen LogP) is 2.34. The van der Waals surface area contributed by atoms with E-state index in [1.807, 2.05) is 0 Å². The van der Waals surface area contributed by atoms with Crippen LogP contribution in [-0.2, 0) is 4.79 Å². The Hall–Kier alpha value is -2.70. The summed E-state index contributed by atoms with van der Waals surface area (Å²) in [6.45, 7) is 1.56. The van der Waals surface area contributed by atoms with Crippen LogP contribution in [0.4, 0.5) is 14.5 Å². The molecule has 22 heavy (non-hydrogen) atoms. The van der Waals surface area contributed by atoms with Crippen LogP contribution in [-0.4, -0.2) is 24.9 Å². The number of amides is 2. The molecule has 0 saturated heterocycles. The molecule has 5 nitrogen and oxygen atoms in total. The number of benzene rings is 1. The van der Waals surface area contributed by atoms with Crippen LogP contribution in [0.1, 0.15) is 17.5 Å². The Kier molecular flexibility index (Phi) is 4.88. The van der Waals surface area contributed by atoms with E-state index < -0.39 is 17.5 Å². The molecular formula is C15H14F2N2O3. The van der Waals surface area contributed by atoms with Gasteiger partial charge < -0.3 is 14.6 Å². The molecule has 0 aliphatic carbocycles.